The Hall–Kier alpha value is -2.87. The van der Waals surface area contributed by atoms with E-state index in [0.717, 1.165) is 24.4 Å². The quantitative estimate of drug-likeness (QED) is 0.813. The molecule has 1 aromatic heterocycles. The summed E-state index contributed by atoms with van der Waals surface area (Å²) in [5.74, 6) is 0.796. The minimum atomic E-state index is -0.000442. The second-order valence-electron chi connectivity index (χ2n) is 5.56. The highest BCUT2D eigenvalue weighted by Gasteiger charge is 2.26. The highest BCUT2D eigenvalue weighted by molar-refractivity contribution is 5.95. The zero-order valence-electron chi connectivity index (χ0n) is 12.9. The SMILES string of the molecule is CC(=O)c1ccc(C#N)c(N2CCC(Oc3ccncc3)C2)c1. The molecule has 0 bridgehead atoms. The number of anilines is 1. The molecule has 0 N–H and O–H groups in total. The Balaban J connectivity index is 1.77. The standard InChI is InChI=1S/C18H17N3O2/c1-13(22)14-2-3-15(11-19)18(10-14)21-9-6-17(12-21)23-16-4-7-20-8-5-16/h2-5,7-8,10,17H,6,9,12H2,1H3. The fraction of sp³-hybridized carbons (Fsp3) is 0.278. The van der Waals surface area contributed by atoms with E-state index in [4.69, 9.17) is 4.74 Å². The van der Waals surface area contributed by atoms with Gasteiger partial charge in [-0.3, -0.25) is 9.78 Å². The number of carbonyl (C=O) groups excluding carboxylic acids is 1. The van der Waals surface area contributed by atoms with Gasteiger partial charge in [0.1, 0.15) is 17.9 Å². The molecule has 2 heterocycles. The first-order valence-electron chi connectivity index (χ1n) is 7.54. The second-order valence-corrected chi connectivity index (χ2v) is 5.56. The summed E-state index contributed by atoms with van der Waals surface area (Å²) in [6.07, 6.45) is 4.33. The van der Waals surface area contributed by atoms with Gasteiger partial charge in [-0.2, -0.15) is 5.26 Å². The van der Waals surface area contributed by atoms with E-state index in [1.165, 1.54) is 6.92 Å². The molecule has 3 rings (SSSR count). The lowest BCUT2D eigenvalue weighted by molar-refractivity contribution is 0.101. The predicted octanol–water partition coefficient (Wildman–Crippen LogP) is 2.81. The lowest BCUT2D eigenvalue weighted by Crippen LogP contribution is -2.25. The average molecular weight is 307 g/mol. The van der Waals surface area contributed by atoms with E-state index in [9.17, 15) is 10.1 Å². The van der Waals surface area contributed by atoms with Crippen LogP contribution in [-0.2, 0) is 0 Å². The van der Waals surface area contributed by atoms with Gasteiger partial charge in [-0.1, -0.05) is 0 Å². The third-order valence-corrected chi connectivity index (χ3v) is 3.96. The molecule has 116 valence electrons. The van der Waals surface area contributed by atoms with Gasteiger partial charge in [0.15, 0.2) is 5.78 Å². The molecule has 2 aromatic rings. The Kier molecular flexibility index (Phi) is 4.24. The Morgan fingerprint density at radius 3 is 2.83 bits per heavy atom. The van der Waals surface area contributed by atoms with Crippen LogP contribution in [0.25, 0.3) is 0 Å². The van der Waals surface area contributed by atoms with Crippen LogP contribution >= 0.6 is 0 Å². The van der Waals surface area contributed by atoms with Gasteiger partial charge < -0.3 is 9.64 Å². The van der Waals surface area contributed by atoms with Gasteiger partial charge in [-0.25, -0.2) is 0 Å². The molecule has 0 aliphatic carbocycles. The van der Waals surface area contributed by atoms with Crippen molar-refractivity contribution in [2.24, 2.45) is 0 Å². The number of carbonyl (C=O) groups is 1. The summed E-state index contributed by atoms with van der Waals surface area (Å²) in [6.45, 7) is 3.02. The molecule has 0 spiro atoms. The molecule has 1 saturated heterocycles. The van der Waals surface area contributed by atoms with Crippen LogP contribution in [0.5, 0.6) is 5.75 Å². The molecule has 1 atom stereocenters. The van der Waals surface area contributed by atoms with Crippen molar-refractivity contribution in [1.29, 1.82) is 5.26 Å². The number of nitriles is 1. The minimum absolute atomic E-state index is 0.000442. The summed E-state index contributed by atoms with van der Waals surface area (Å²) < 4.78 is 5.95. The van der Waals surface area contributed by atoms with Crippen molar-refractivity contribution in [2.45, 2.75) is 19.4 Å². The molecular weight excluding hydrogens is 290 g/mol. The third-order valence-electron chi connectivity index (χ3n) is 3.96. The van der Waals surface area contributed by atoms with Gasteiger partial charge in [0.2, 0.25) is 0 Å². The van der Waals surface area contributed by atoms with E-state index in [1.54, 1.807) is 30.6 Å². The second kappa shape index (κ2) is 6.49. The Morgan fingerprint density at radius 2 is 2.13 bits per heavy atom. The van der Waals surface area contributed by atoms with Crippen LogP contribution in [0.15, 0.2) is 42.7 Å². The topological polar surface area (TPSA) is 66.2 Å². The van der Waals surface area contributed by atoms with Gasteiger partial charge >= 0.3 is 0 Å². The Labute approximate surface area is 135 Å². The van der Waals surface area contributed by atoms with Crippen LogP contribution < -0.4 is 9.64 Å². The first kappa shape index (κ1) is 15.0. The van der Waals surface area contributed by atoms with Crippen LogP contribution in [0.4, 0.5) is 5.69 Å². The highest BCUT2D eigenvalue weighted by atomic mass is 16.5. The van der Waals surface area contributed by atoms with Crippen LogP contribution in [-0.4, -0.2) is 30.0 Å². The summed E-state index contributed by atoms with van der Waals surface area (Å²) in [5, 5.41) is 9.31. The molecule has 1 aliphatic heterocycles. The lowest BCUT2D eigenvalue weighted by Gasteiger charge is -2.21. The molecule has 23 heavy (non-hydrogen) atoms. The number of benzene rings is 1. The smallest absolute Gasteiger partial charge is 0.159 e. The maximum absolute atomic E-state index is 11.6. The van der Waals surface area contributed by atoms with Gasteiger partial charge in [-0.15, -0.1) is 0 Å². The zero-order valence-corrected chi connectivity index (χ0v) is 12.9. The fourth-order valence-electron chi connectivity index (χ4n) is 2.76. The molecule has 1 fully saturated rings. The molecule has 0 radical (unpaired) electrons. The van der Waals surface area contributed by atoms with Crippen molar-refractivity contribution in [1.82, 2.24) is 4.98 Å². The van der Waals surface area contributed by atoms with Gasteiger partial charge in [0.25, 0.3) is 0 Å². The summed E-state index contributed by atoms with van der Waals surface area (Å²) >= 11 is 0. The fourth-order valence-corrected chi connectivity index (χ4v) is 2.76. The first-order chi connectivity index (χ1) is 11.2. The average Bonchev–Trinajstić information content (AvgIpc) is 3.03. The first-order valence-corrected chi connectivity index (χ1v) is 7.54. The number of Topliss-reactive ketones (excluding diaryl/α,β-unsaturated/α-hetero) is 1. The van der Waals surface area contributed by atoms with Crippen LogP contribution in [0.1, 0.15) is 29.3 Å². The molecule has 1 aromatic carbocycles. The number of rotatable bonds is 4. The number of nitrogens with zero attached hydrogens (tertiary/aromatic N) is 3. The Morgan fingerprint density at radius 1 is 1.35 bits per heavy atom. The number of hydrogen-bond donors (Lipinski definition) is 0. The normalized spacial score (nSPS) is 16.9. The summed E-state index contributed by atoms with van der Waals surface area (Å²) in [5.41, 5.74) is 2.01. The number of aromatic nitrogens is 1. The van der Waals surface area contributed by atoms with Crippen molar-refractivity contribution < 1.29 is 9.53 Å². The van der Waals surface area contributed by atoms with Crippen molar-refractivity contribution in [3.05, 3.63) is 53.9 Å². The monoisotopic (exact) mass is 307 g/mol. The summed E-state index contributed by atoms with van der Waals surface area (Å²) in [4.78, 5) is 17.7. The third kappa shape index (κ3) is 3.32. The molecule has 5 nitrogen and oxygen atoms in total. The van der Waals surface area contributed by atoms with Gasteiger partial charge in [-0.05, 0) is 37.3 Å². The van der Waals surface area contributed by atoms with Crippen LogP contribution in [0, 0.1) is 11.3 Å². The van der Waals surface area contributed by atoms with Gasteiger partial charge in [0.05, 0.1) is 17.8 Å². The number of ketones is 1. The number of ether oxygens (including phenoxy) is 1. The Bertz CT molecular complexity index is 753. The zero-order chi connectivity index (χ0) is 16.2. The molecule has 1 aliphatic rings. The summed E-state index contributed by atoms with van der Waals surface area (Å²) in [7, 11) is 0. The van der Waals surface area contributed by atoms with Crippen LogP contribution in [0.2, 0.25) is 0 Å². The highest BCUT2D eigenvalue weighted by Crippen LogP contribution is 2.27. The number of pyridine rings is 1. The van der Waals surface area contributed by atoms with Crippen molar-refractivity contribution in [2.75, 3.05) is 18.0 Å². The maximum Gasteiger partial charge on any atom is 0.159 e. The van der Waals surface area contributed by atoms with E-state index >= 15 is 0 Å². The van der Waals surface area contributed by atoms with Crippen LogP contribution in [0.3, 0.4) is 0 Å². The molecule has 0 saturated carbocycles. The van der Waals surface area contributed by atoms with Gasteiger partial charge in [0, 0.05) is 30.9 Å². The molecule has 0 amide bonds. The summed E-state index contributed by atoms with van der Waals surface area (Å²) in [6, 6.07) is 11.1. The van der Waals surface area contributed by atoms with E-state index in [1.807, 2.05) is 12.1 Å². The van der Waals surface area contributed by atoms with E-state index in [0.29, 0.717) is 17.7 Å². The van der Waals surface area contributed by atoms with E-state index in [2.05, 4.69) is 16.0 Å². The van der Waals surface area contributed by atoms with Crippen molar-refractivity contribution in [3.8, 4) is 11.8 Å². The van der Waals surface area contributed by atoms with Crippen molar-refractivity contribution in [3.63, 3.8) is 0 Å². The molecule has 1 unspecified atom stereocenters. The predicted molar refractivity (Wildman–Crippen MR) is 86.6 cm³/mol. The lowest BCUT2D eigenvalue weighted by atomic mass is 10.1. The minimum Gasteiger partial charge on any atom is -0.488 e. The largest absolute Gasteiger partial charge is 0.488 e. The maximum atomic E-state index is 11.6. The van der Waals surface area contributed by atoms with E-state index in [-0.39, 0.29) is 11.9 Å². The number of hydrogen-bond acceptors (Lipinski definition) is 5. The molecular formula is C18H17N3O2. The molecule has 5 heteroatoms. The van der Waals surface area contributed by atoms with Crippen molar-refractivity contribution >= 4 is 11.5 Å². The van der Waals surface area contributed by atoms with E-state index < -0.39 is 0 Å².